The summed E-state index contributed by atoms with van der Waals surface area (Å²) in [5.41, 5.74) is 3.69. The zero-order valence-corrected chi connectivity index (χ0v) is 9.76. The van der Waals surface area contributed by atoms with E-state index in [-0.39, 0.29) is 25.9 Å². The second-order valence-corrected chi connectivity index (χ2v) is 5.07. The van der Waals surface area contributed by atoms with Gasteiger partial charge in [0.2, 0.25) is 0 Å². The van der Waals surface area contributed by atoms with Crippen LogP contribution in [0.3, 0.4) is 0 Å². The molecule has 1 saturated carbocycles. The Morgan fingerprint density at radius 1 is 1.33 bits per heavy atom. The first-order chi connectivity index (χ1) is 8.24. The summed E-state index contributed by atoms with van der Waals surface area (Å²) in [5.74, 6) is 0. The summed E-state index contributed by atoms with van der Waals surface area (Å²) in [6.07, 6.45) is -1.50. The van der Waals surface area contributed by atoms with E-state index in [1.54, 1.807) is 12.3 Å². The van der Waals surface area contributed by atoms with Crippen molar-refractivity contribution in [2.75, 3.05) is 6.61 Å². The van der Waals surface area contributed by atoms with Gasteiger partial charge in [-0.15, -0.1) is 0 Å². The molecule has 1 heterocycles. The highest BCUT2D eigenvalue weighted by molar-refractivity contribution is 6.40. The maximum Gasteiger partial charge on any atom is 0.394 e. The molecule has 0 spiro atoms. The van der Waals surface area contributed by atoms with Crippen molar-refractivity contribution in [3.05, 3.63) is 12.3 Å². The standard InChI is InChI=1S/C10H13B2F3N2O/c11-9(12,6-18-7-1-4-16-17-7)5-8(2-3-8)10(13,14)15/h1,4,7,16-17H,2-3,5-6H2. The minimum absolute atomic E-state index is 0.0930. The Balaban J connectivity index is 1.85. The molecule has 1 aliphatic carbocycles. The molecular weight excluding hydrogens is 243 g/mol. The van der Waals surface area contributed by atoms with E-state index in [1.165, 1.54) is 0 Å². The Hall–Kier alpha value is -0.620. The molecule has 1 fully saturated rings. The van der Waals surface area contributed by atoms with E-state index in [0.717, 1.165) is 0 Å². The summed E-state index contributed by atoms with van der Waals surface area (Å²) in [4.78, 5) is 0. The molecule has 2 rings (SSSR count). The Labute approximate surface area is 106 Å². The van der Waals surface area contributed by atoms with Gasteiger partial charge in [-0.1, -0.05) is 5.21 Å². The molecule has 0 aromatic heterocycles. The van der Waals surface area contributed by atoms with E-state index >= 15 is 0 Å². The summed E-state index contributed by atoms with van der Waals surface area (Å²) in [6.45, 7) is -0.144. The zero-order valence-electron chi connectivity index (χ0n) is 9.76. The molecule has 0 saturated heterocycles. The van der Waals surface area contributed by atoms with Crippen LogP contribution in [0.5, 0.6) is 0 Å². The maximum absolute atomic E-state index is 12.8. The van der Waals surface area contributed by atoms with Crippen molar-refractivity contribution in [3.8, 4) is 0 Å². The van der Waals surface area contributed by atoms with Gasteiger partial charge < -0.3 is 10.2 Å². The number of nitrogens with one attached hydrogen (secondary N) is 2. The van der Waals surface area contributed by atoms with Crippen LogP contribution in [0.2, 0.25) is 5.21 Å². The maximum atomic E-state index is 12.8. The number of halogens is 3. The van der Waals surface area contributed by atoms with Crippen molar-refractivity contribution >= 4 is 15.7 Å². The second-order valence-electron chi connectivity index (χ2n) is 5.07. The van der Waals surface area contributed by atoms with Gasteiger partial charge in [0, 0.05) is 12.8 Å². The molecule has 2 N–H and O–H groups in total. The molecule has 0 bridgehead atoms. The fourth-order valence-electron chi connectivity index (χ4n) is 2.05. The van der Waals surface area contributed by atoms with Crippen molar-refractivity contribution in [2.24, 2.45) is 5.41 Å². The predicted octanol–water partition coefficient (Wildman–Crippen LogP) is 1.14. The van der Waals surface area contributed by atoms with Crippen LogP contribution in [-0.4, -0.2) is 34.7 Å². The van der Waals surface area contributed by atoms with Crippen LogP contribution in [0.15, 0.2) is 12.3 Å². The molecule has 0 amide bonds. The molecule has 1 aliphatic heterocycles. The van der Waals surface area contributed by atoms with E-state index in [9.17, 15) is 13.2 Å². The quantitative estimate of drug-likeness (QED) is 0.723. The molecule has 96 valence electrons. The Kier molecular flexibility index (Phi) is 3.44. The van der Waals surface area contributed by atoms with Crippen LogP contribution in [-0.2, 0) is 4.74 Å². The van der Waals surface area contributed by atoms with Crippen LogP contribution in [0.1, 0.15) is 19.3 Å². The number of hydrazine groups is 1. The Morgan fingerprint density at radius 2 is 2.00 bits per heavy atom. The highest BCUT2D eigenvalue weighted by atomic mass is 19.4. The van der Waals surface area contributed by atoms with Gasteiger partial charge in [0.1, 0.15) is 6.23 Å². The van der Waals surface area contributed by atoms with Gasteiger partial charge in [-0.3, -0.25) is 0 Å². The van der Waals surface area contributed by atoms with Crippen LogP contribution in [0, 0.1) is 5.41 Å². The molecule has 0 aromatic rings. The van der Waals surface area contributed by atoms with Gasteiger partial charge in [0.25, 0.3) is 0 Å². The first-order valence-corrected chi connectivity index (χ1v) is 5.68. The van der Waals surface area contributed by atoms with E-state index in [4.69, 9.17) is 20.4 Å². The van der Waals surface area contributed by atoms with Gasteiger partial charge in [-0.25, -0.2) is 5.43 Å². The highest BCUT2D eigenvalue weighted by Crippen LogP contribution is 2.63. The molecule has 0 aromatic carbocycles. The SMILES string of the molecule is [B]C([B])(COC1C=CNN1)CC1(C(F)(F)F)CC1. The average Bonchev–Trinajstić information content (AvgIpc) is 2.83. The molecule has 4 radical (unpaired) electrons. The summed E-state index contributed by atoms with van der Waals surface area (Å²) >= 11 is 0. The van der Waals surface area contributed by atoms with Crippen LogP contribution < -0.4 is 10.9 Å². The lowest BCUT2D eigenvalue weighted by Crippen LogP contribution is -2.37. The average molecular weight is 256 g/mol. The molecule has 2 aliphatic rings. The third-order valence-electron chi connectivity index (χ3n) is 3.23. The summed E-state index contributed by atoms with van der Waals surface area (Å²) in [7, 11) is 11.4. The summed E-state index contributed by atoms with van der Waals surface area (Å²) < 4.78 is 43.6. The summed E-state index contributed by atoms with van der Waals surface area (Å²) in [6, 6.07) is 0. The highest BCUT2D eigenvalue weighted by Gasteiger charge is 2.63. The minimum Gasteiger partial charge on any atom is -0.359 e. The topological polar surface area (TPSA) is 33.3 Å². The third kappa shape index (κ3) is 3.03. The van der Waals surface area contributed by atoms with Crippen molar-refractivity contribution in [2.45, 2.75) is 36.9 Å². The van der Waals surface area contributed by atoms with Crippen LogP contribution in [0.4, 0.5) is 13.2 Å². The van der Waals surface area contributed by atoms with Gasteiger partial charge in [0.05, 0.1) is 21.1 Å². The first-order valence-electron chi connectivity index (χ1n) is 5.68. The van der Waals surface area contributed by atoms with Gasteiger partial charge >= 0.3 is 6.18 Å². The van der Waals surface area contributed by atoms with Crippen molar-refractivity contribution in [1.29, 1.82) is 0 Å². The second kappa shape index (κ2) is 4.49. The number of hydrogen-bond donors (Lipinski definition) is 2. The first kappa shape index (κ1) is 13.8. The largest absolute Gasteiger partial charge is 0.394 e. The fraction of sp³-hybridized carbons (Fsp3) is 0.800. The van der Waals surface area contributed by atoms with Crippen molar-refractivity contribution in [3.63, 3.8) is 0 Å². The van der Waals surface area contributed by atoms with E-state index in [0.29, 0.717) is 0 Å². The lowest BCUT2D eigenvalue weighted by Gasteiger charge is -2.32. The lowest BCUT2D eigenvalue weighted by atomic mass is 9.51. The monoisotopic (exact) mass is 256 g/mol. The minimum atomic E-state index is -4.25. The van der Waals surface area contributed by atoms with Crippen molar-refractivity contribution < 1.29 is 17.9 Å². The van der Waals surface area contributed by atoms with E-state index in [1.807, 2.05) is 0 Å². The van der Waals surface area contributed by atoms with Crippen LogP contribution in [0.25, 0.3) is 0 Å². The normalized spacial score (nSPS) is 26.1. The van der Waals surface area contributed by atoms with Gasteiger partial charge in [0.15, 0.2) is 0 Å². The zero-order chi connectivity index (χ0) is 13.4. The smallest absolute Gasteiger partial charge is 0.359 e. The van der Waals surface area contributed by atoms with Gasteiger partial charge in [-0.2, -0.15) is 13.2 Å². The lowest BCUT2D eigenvalue weighted by molar-refractivity contribution is -0.190. The van der Waals surface area contributed by atoms with Crippen molar-refractivity contribution in [1.82, 2.24) is 10.9 Å². The molecule has 8 heteroatoms. The Bertz CT molecular complexity index is 343. The molecule has 1 unspecified atom stereocenters. The summed E-state index contributed by atoms with van der Waals surface area (Å²) in [5, 5.41) is -1.48. The van der Waals surface area contributed by atoms with Crippen LogP contribution >= 0.6 is 0 Å². The number of ether oxygens (including phenoxy) is 1. The molecule has 18 heavy (non-hydrogen) atoms. The number of rotatable bonds is 5. The third-order valence-corrected chi connectivity index (χ3v) is 3.23. The Morgan fingerprint density at radius 3 is 2.44 bits per heavy atom. The predicted molar refractivity (Wildman–Crippen MR) is 61.7 cm³/mol. The molecule has 1 atom stereocenters. The van der Waals surface area contributed by atoms with Gasteiger partial charge in [-0.05, 0) is 25.3 Å². The van der Waals surface area contributed by atoms with E-state index < -0.39 is 23.0 Å². The van der Waals surface area contributed by atoms with E-state index in [2.05, 4.69) is 10.9 Å². The molecular formula is C10H13B2F3N2O. The number of hydrogen-bond acceptors (Lipinski definition) is 3. The fourth-order valence-corrected chi connectivity index (χ4v) is 2.05. The number of alkyl halides is 3. The molecule has 3 nitrogen and oxygen atoms in total.